The monoisotopic (exact) mass is 438 g/mol. The minimum absolute atomic E-state index is 0. The second kappa shape index (κ2) is 10.0. The molecule has 152 valence electrons. The first-order valence-corrected chi connectivity index (χ1v) is 5.24. The van der Waals surface area contributed by atoms with Gasteiger partial charge in [0, 0.05) is 0 Å². The van der Waals surface area contributed by atoms with Crippen LogP contribution in [-0.2, 0) is 9.59 Å². The molecule has 0 saturated carbocycles. The normalized spacial score (nSPS) is 13.9. The Kier molecular flexibility index (Phi) is 11.2. The molecule has 0 aliphatic carbocycles. The maximum Gasteiger partial charge on any atom is 2.00 e. The molecule has 17 heteroatoms. The Hall–Kier alpha value is -1.65. The first-order chi connectivity index (χ1) is 11.1. The molecule has 0 fully saturated rings. The van der Waals surface area contributed by atoms with Crippen molar-refractivity contribution in [1.82, 2.24) is 0 Å². The van der Waals surface area contributed by atoms with Gasteiger partial charge in [-0.25, -0.2) is 0 Å². The average Bonchev–Trinajstić information content (AvgIpc) is 2.34. The van der Waals surface area contributed by atoms with E-state index in [4.69, 9.17) is 0 Å². The third kappa shape index (κ3) is 13.2. The first kappa shape index (κ1) is 30.1. The van der Waals surface area contributed by atoms with Gasteiger partial charge in [0.05, 0.1) is 0 Å². The first-order valence-electron chi connectivity index (χ1n) is 5.24. The molecule has 0 amide bonds. The van der Waals surface area contributed by atoms with E-state index >= 15 is 0 Å². The van der Waals surface area contributed by atoms with Crippen LogP contribution in [0.3, 0.4) is 0 Å². The summed E-state index contributed by atoms with van der Waals surface area (Å²) < 4.78 is 136. The van der Waals surface area contributed by atoms with Gasteiger partial charge in [-0.2, -0.15) is 52.7 Å². The molecule has 0 saturated heterocycles. The summed E-state index contributed by atoms with van der Waals surface area (Å²) in [6.45, 7) is 0. The number of carbonyl (C=O) groups is 2. The van der Waals surface area contributed by atoms with Gasteiger partial charge in [-0.1, -0.05) is 0 Å². The Morgan fingerprint density at radius 1 is 0.519 bits per heavy atom. The van der Waals surface area contributed by atoms with Crippen molar-refractivity contribution in [2.24, 2.45) is 0 Å². The molecule has 0 aliphatic rings. The van der Waals surface area contributed by atoms with Gasteiger partial charge < -0.3 is 10.2 Å². The number of hydrogen-bond acceptors (Lipinski definition) is 4. The molecule has 0 spiro atoms. The van der Waals surface area contributed by atoms with Gasteiger partial charge in [0.2, 0.25) is 0 Å². The van der Waals surface area contributed by atoms with Crippen molar-refractivity contribution in [3.8, 4) is 0 Å². The summed E-state index contributed by atoms with van der Waals surface area (Å²) >= 11 is 0. The van der Waals surface area contributed by atoms with E-state index < -0.39 is 59.9 Å². The van der Waals surface area contributed by atoms with Gasteiger partial charge in [0.25, 0.3) is 11.6 Å². The van der Waals surface area contributed by atoms with Crippen LogP contribution in [0.15, 0.2) is 23.7 Å². The molecule has 27 heavy (non-hydrogen) atoms. The summed E-state index contributed by atoms with van der Waals surface area (Å²) in [4.78, 5) is 19.6. The van der Waals surface area contributed by atoms with Crippen LogP contribution >= 0.6 is 0 Å². The summed E-state index contributed by atoms with van der Waals surface area (Å²) in [5, 5.41) is 19.6. The van der Waals surface area contributed by atoms with E-state index in [1.807, 2.05) is 0 Å². The quantitative estimate of drug-likeness (QED) is 0.283. The Morgan fingerprint density at radius 2 is 0.704 bits per heavy atom. The van der Waals surface area contributed by atoms with Crippen molar-refractivity contribution in [2.45, 2.75) is 24.7 Å². The minimum Gasteiger partial charge on any atom is -0.869 e. The Bertz CT molecular complexity index is 527. The van der Waals surface area contributed by atoms with Gasteiger partial charge in [0.1, 0.15) is 0 Å². The van der Waals surface area contributed by atoms with Gasteiger partial charge in [-0.3, -0.25) is 9.59 Å². The van der Waals surface area contributed by atoms with Crippen LogP contribution in [0.5, 0.6) is 0 Å². The largest absolute Gasteiger partial charge is 2.00 e. The predicted molar refractivity (Wildman–Crippen MR) is 56.2 cm³/mol. The minimum atomic E-state index is -5.46. The smallest absolute Gasteiger partial charge is 0.869 e. The summed E-state index contributed by atoms with van der Waals surface area (Å²) in [6, 6.07) is 0. The SMILES string of the molecule is O=C(/C=C(/[O-])C(F)(F)F)C(F)(F)F.O=C(/C=C(\[O-])C(F)(F)F)C(F)(F)F.[Mg+2]. The van der Waals surface area contributed by atoms with Crippen molar-refractivity contribution < 1.29 is 72.5 Å². The van der Waals surface area contributed by atoms with Gasteiger partial charge in [0.15, 0.2) is 0 Å². The molecule has 0 aliphatic heterocycles. The molecule has 0 N–H and O–H groups in total. The molecule has 0 heterocycles. The van der Waals surface area contributed by atoms with Crippen LogP contribution in [0.4, 0.5) is 52.7 Å². The van der Waals surface area contributed by atoms with Crippen LogP contribution in [-0.4, -0.2) is 59.3 Å². The molecule has 0 aromatic rings. The number of hydrogen-bond donors (Lipinski definition) is 0. The van der Waals surface area contributed by atoms with Crippen molar-refractivity contribution >= 4 is 34.6 Å². The van der Waals surface area contributed by atoms with E-state index in [0.29, 0.717) is 0 Å². The van der Waals surface area contributed by atoms with Crippen LogP contribution in [0, 0.1) is 0 Å². The fourth-order valence-electron chi connectivity index (χ4n) is 0.565. The molecular formula is C10H2F12MgO4. The van der Waals surface area contributed by atoms with E-state index in [1.54, 1.807) is 0 Å². The van der Waals surface area contributed by atoms with Crippen LogP contribution < -0.4 is 10.2 Å². The van der Waals surface area contributed by atoms with E-state index in [0.717, 1.165) is 0 Å². The fourth-order valence-corrected chi connectivity index (χ4v) is 0.565. The Morgan fingerprint density at radius 3 is 0.815 bits per heavy atom. The molecule has 0 unspecified atom stereocenters. The fraction of sp³-hybridized carbons (Fsp3) is 0.400. The van der Waals surface area contributed by atoms with Crippen molar-refractivity contribution in [3.63, 3.8) is 0 Å². The van der Waals surface area contributed by atoms with E-state index in [9.17, 15) is 72.5 Å². The molecule has 4 nitrogen and oxygen atoms in total. The summed E-state index contributed by atoms with van der Waals surface area (Å²) in [7, 11) is 0. The Labute approximate surface area is 156 Å². The third-order valence-electron chi connectivity index (χ3n) is 1.64. The van der Waals surface area contributed by atoms with Crippen LogP contribution in [0.25, 0.3) is 0 Å². The zero-order chi connectivity index (χ0) is 21.7. The van der Waals surface area contributed by atoms with Gasteiger partial charge in [-0.15, -0.1) is 0 Å². The van der Waals surface area contributed by atoms with Crippen molar-refractivity contribution in [3.05, 3.63) is 23.7 Å². The van der Waals surface area contributed by atoms with Crippen molar-refractivity contribution in [1.29, 1.82) is 0 Å². The number of carbonyl (C=O) groups excluding carboxylic acids is 2. The molecule has 0 atom stereocenters. The van der Waals surface area contributed by atoms with Gasteiger partial charge >= 0.3 is 47.8 Å². The summed E-state index contributed by atoms with van der Waals surface area (Å²) in [5.41, 5.74) is 0. The number of alkyl halides is 12. The number of ketones is 2. The molecule has 0 bridgehead atoms. The number of halogens is 12. The number of rotatable bonds is 2. The Balaban J connectivity index is -0.000000411. The van der Waals surface area contributed by atoms with Crippen LogP contribution in [0.1, 0.15) is 0 Å². The van der Waals surface area contributed by atoms with E-state index in [1.165, 1.54) is 0 Å². The van der Waals surface area contributed by atoms with E-state index in [2.05, 4.69) is 0 Å². The second-order valence-electron chi connectivity index (χ2n) is 3.74. The summed E-state index contributed by atoms with van der Waals surface area (Å²) in [5.74, 6) is -11.3. The molecule has 0 rings (SSSR count). The van der Waals surface area contributed by atoms with Gasteiger partial charge in [-0.05, 0) is 23.7 Å². The average molecular weight is 438 g/mol. The zero-order valence-corrected chi connectivity index (χ0v) is 13.4. The molecule has 0 aromatic carbocycles. The van der Waals surface area contributed by atoms with Crippen LogP contribution in [0.2, 0.25) is 0 Å². The topological polar surface area (TPSA) is 80.3 Å². The maximum absolute atomic E-state index is 11.3. The molecular weight excluding hydrogens is 436 g/mol. The molecule has 0 aromatic heterocycles. The standard InChI is InChI=1S/2C5H2F6O2.Mg/c2*6-4(7,8)2(12)1-3(13)5(9,10)11;/h2*1,12H;/q;;+2/p-2/b2-1+;2-1-;. The summed E-state index contributed by atoms with van der Waals surface area (Å²) in [6.07, 6.45) is -23.9. The zero-order valence-electron chi connectivity index (χ0n) is 12.0. The predicted octanol–water partition coefficient (Wildman–Crippen LogP) is 1.47. The third-order valence-corrected chi connectivity index (χ3v) is 1.64. The van der Waals surface area contributed by atoms with Crippen molar-refractivity contribution in [2.75, 3.05) is 0 Å². The van der Waals surface area contributed by atoms with E-state index in [-0.39, 0.29) is 23.1 Å². The number of allylic oxidation sites excluding steroid dienone is 4. The second-order valence-corrected chi connectivity index (χ2v) is 3.74. The molecule has 0 radical (unpaired) electrons. The maximum atomic E-state index is 11.3.